The average molecular weight is 325 g/mol. The van der Waals surface area contributed by atoms with E-state index in [-0.39, 0.29) is 23.1 Å². The summed E-state index contributed by atoms with van der Waals surface area (Å²) in [6.45, 7) is 0. The summed E-state index contributed by atoms with van der Waals surface area (Å²) in [5.41, 5.74) is 5.93. The van der Waals surface area contributed by atoms with Crippen LogP contribution in [0.15, 0.2) is 35.5 Å². The van der Waals surface area contributed by atoms with E-state index in [0.29, 0.717) is 0 Å². The average Bonchev–Trinajstić information content (AvgIpc) is 3.15. The van der Waals surface area contributed by atoms with Crippen LogP contribution in [0.2, 0.25) is 0 Å². The molecule has 23 heavy (non-hydrogen) atoms. The van der Waals surface area contributed by atoms with Gasteiger partial charge in [0, 0.05) is 18.6 Å². The molecule has 3 rings (SSSR count). The highest BCUT2D eigenvalue weighted by molar-refractivity contribution is 5.66. The number of alkyl halides is 3. The monoisotopic (exact) mass is 325 g/mol. The molecule has 0 aliphatic heterocycles. The summed E-state index contributed by atoms with van der Waals surface area (Å²) in [7, 11) is 0. The van der Waals surface area contributed by atoms with E-state index < -0.39 is 18.6 Å². The van der Waals surface area contributed by atoms with Gasteiger partial charge < -0.3 is 10.3 Å². The fraction of sp³-hybridized carbons (Fsp3) is 0.250. The van der Waals surface area contributed by atoms with Crippen LogP contribution in [-0.4, -0.2) is 36.1 Å². The smallest absolute Gasteiger partial charge is 0.383 e. The molecule has 0 saturated heterocycles. The van der Waals surface area contributed by atoms with Gasteiger partial charge in [-0.3, -0.25) is 4.68 Å². The molecule has 8 nitrogen and oxygen atoms in total. The molecule has 0 spiro atoms. The molecule has 11 heteroatoms. The zero-order chi connectivity index (χ0) is 16.4. The summed E-state index contributed by atoms with van der Waals surface area (Å²) in [6.07, 6.45) is 0.00268. The first kappa shape index (κ1) is 14.9. The van der Waals surface area contributed by atoms with Gasteiger partial charge in [-0.25, -0.2) is 9.97 Å². The highest BCUT2D eigenvalue weighted by Crippen LogP contribution is 2.33. The highest BCUT2D eigenvalue weighted by Gasteiger charge is 2.42. The molecule has 0 radical (unpaired) electrons. The second kappa shape index (κ2) is 5.66. The first-order valence-electron chi connectivity index (χ1n) is 6.39. The van der Waals surface area contributed by atoms with Crippen molar-refractivity contribution in [1.29, 1.82) is 0 Å². The van der Waals surface area contributed by atoms with E-state index >= 15 is 0 Å². The minimum absolute atomic E-state index is 0.0273. The minimum atomic E-state index is -4.52. The van der Waals surface area contributed by atoms with Crippen LogP contribution in [-0.2, 0) is 6.42 Å². The van der Waals surface area contributed by atoms with Crippen molar-refractivity contribution in [2.45, 2.75) is 18.6 Å². The number of nitrogens with zero attached hydrogens (tertiary/aromatic N) is 6. The lowest BCUT2D eigenvalue weighted by Crippen LogP contribution is -2.29. The third-order valence-electron chi connectivity index (χ3n) is 3.04. The number of nitrogens with two attached hydrogens (primary N) is 1. The van der Waals surface area contributed by atoms with Crippen LogP contribution in [0.3, 0.4) is 0 Å². The summed E-state index contributed by atoms with van der Waals surface area (Å²) in [6, 6.07) is -0.504. The highest BCUT2D eigenvalue weighted by atomic mass is 19.4. The van der Waals surface area contributed by atoms with Crippen molar-refractivity contribution in [2.24, 2.45) is 0 Å². The van der Waals surface area contributed by atoms with E-state index in [4.69, 9.17) is 10.3 Å². The summed E-state index contributed by atoms with van der Waals surface area (Å²) in [5, 5.41) is 7.25. The molecule has 1 atom stereocenters. The lowest BCUT2D eigenvalue weighted by atomic mass is 10.2. The van der Waals surface area contributed by atoms with Crippen molar-refractivity contribution in [3.63, 3.8) is 0 Å². The van der Waals surface area contributed by atoms with Gasteiger partial charge in [-0.15, -0.1) is 0 Å². The van der Waals surface area contributed by atoms with Gasteiger partial charge in [0.1, 0.15) is 12.1 Å². The molecule has 0 saturated carbocycles. The van der Waals surface area contributed by atoms with Crippen LogP contribution in [0, 0.1) is 0 Å². The molecule has 3 heterocycles. The van der Waals surface area contributed by atoms with Crippen LogP contribution in [0.1, 0.15) is 11.9 Å². The SMILES string of the molecule is Nc1ncncc1-c1noc(CC(n2cccn2)C(F)(F)F)n1. The van der Waals surface area contributed by atoms with Crippen molar-refractivity contribution in [3.8, 4) is 11.4 Å². The van der Waals surface area contributed by atoms with Crippen LogP contribution in [0.5, 0.6) is 0 Å². The third kappa shape index (κ3) is 3.12. The van der Waals surface area contributed by atoms with Crippen LogP contribution < -0.4 is 5.73 Å². The van der Waals surface area contributed by atoms with Crippen molar-refractivity contribution < 1.29 is 17.7 Å². The Morgan fingerprint density at radius 1 is 1.35 bits per heavy atom. The number of rotatable bonds is 4. The molecular weight excluding hydrogens is 315 g/mol. The molecule has 0 fully saturated rings. The largest absolute Gasteiger partial charge is 0.411 e. The normalized spacial score (nSPS) is 13.2. The molecular formula is C12H10F3N7O. The Morgan fingerprint density at radius 3 is 2.83 bits per heavy atom. The number of hydrogen-bond donors (Lipinski definition) is 1. The number of hydrogen-bond acceptors (Lipinski definition) is 7. The fourth-order valence-corrected chi connectivity index (χ4v) is 1.95. The summed E-state index contributed by atoms with van der Waals surface area (Å²) in [4.78, 5) is 11.4. The number of nitrogen functional groups attached to an aromatic ring is 1. The maximum atomic E-state index is 13.2. The van der Waals surface area contributed by atoms with Crippen LogP contribution >= 0.6 is 0 Å². The standard InChI is InChI=1S/C12H10F3N7O/c13-12(14,15)8(22-3-1-2-19-22)4-9-20-11(21-23-9)7-5-17-6-18-10(7)16/h1-3,5-6,8H,4H2,(H2,16,17,18). The predicted octanol–water partition coefficient (Wildman–Crippen LogP) is 1.65. The van der Waals surface area contributed by atoms with E-state index in [1.54, 1.807) is 0 Å². The van der Waals surface area contributed by atoms with Crippen molar-refractivity contribution in [1.82, 2.24) is 29.9 Å². The van der Waals surface area contributed by atoms with E-state index in [0.717, 1.165) is 4.68 Å². The lowest BCUT2D eigenvalue weighted by Gasteiger charge is -2.18. The van der Waals surface area contributed by atoms with Gasteiger partial charge in [0.25, 0.3) is 0 Å². The Labute approximate surface area is 127 Å². The molecule has 0 aromatic carbocycles. The van der Waals surface area contributed by atoms with Crippen LogP contribution in [0.25, 0.3) is 11.4 Å². The Balaban J connectivity index is 1.87. The van der Waals surface area contributed by atoms with Gasteiger partial charge >= 0.3 is 6.18 Å². The van der Waals surface area contributed by atoms with E-state index in [2.05, 4.69) is 25.2 Å². The Hall–Kier alpha value is -2.98. The van der Waals surface area contributed by atoms with Crippen molar-refractivity contribution in [3.05, 3.63) is 36.9 Å². The quantitative estimate of drug-likeness (QED) is 0.777. The molecule has 0 amide bonds. The number of halogens is 3. The van der Waals surface area contributed by atoms with Gasteiger partial charge in [0.2, 0.25) is 11.7 Å². The zero-order valence-corrected chi connectivity index (χ0v) is 11.5. The molecule has 0 aliphatic carbocycles. The van der Waals surface area contributed by atoms with Gasteiger partial charge in [-0.2, -0.15) is 23.3 Å². The first-order chi connectivity index (χ1) is 10.9. The first-order valence-corrected chi connectivity index (χ1v) is 6.39. The van der Waals surface area contributed by atoms with E-state index in [1.807, 2.05) is 0 Å². The molecule has 3 aromatic rings. The van der Waals surface area contributed by atoms with Crippen molar-refractivity contribution in [2.75, 3.05) is 5.73 Å². The van der Waals surface area contributed by atoms with Gasteiger partial charge in [-0.05, 0) is 6.07 Å². The van der Waals surface area contributed by atoms with E-state index in [1.165, 1.54) is 31.0 Å². The van der Waals surface area contributed by atoms with Gasteiger partial charge in [-0.1, -0.05) is 5.16 Å². The van der Waals surface area contributed by atoms with E-state index in [9.17, 15) is 13.2 Å². The van der Waals surface area contributed by atoms with Crippen molar-refractivity contribution >= 4 is 5.82 Å². The molecule has 0 bridgehead atoms. The molecule has 120 valence electrons. The van der Waals surface area contributed by atoms with Gasteiger partial charge in [0.15, 0.2) is 6.04 Å². The maximum Gasteiger partial charge on any atom is 0.411 e. The summed E-state index contributed by atoms with van der Waals surface area (Å²) >= 11 is 0. The zero-order valence-electron chi connectivity index (χ0n) is 11.5. The molecule has 2 N–H and O–H groups in total. The molecule has 1 unspecified atom stereocenters. The Morgan fingerprint density at radius 2 is 2.17 bits per heavy atom. The lowest BCUT2D eigenvalue weighted by molar-refractivity contribution is -0.171. The molecule has 0 aliphatic rings. The number of aromatic nitrogens is 6. The Kier molecular flexibility index (Phi) is 3.68. The van der Waals surface area contributed by atoms with Crippen LogP contribution in [0.4, 0.5) is 19.0 Å². The fourth-order valence-electron chi connectivity index (χ4n) is 1.95. The number of anilines is 1. The minimum Gasteiger partial charge on any atom is -0.383 e. The van der Waals surface area contributed by atoms with Gasteiger partial charge in [0.05, 0.1) is 12.0 Å². The Bertz CT molecular complexity index is 784. The predicted molar refractivity (Wildman–Crippen MR) is 70.8 cm³/mol. The summed E-state index contributed by atoms with van der Waals surface area (Å²) in [5.74, 6) is -0.0626. The second-order valence-electron chi connectivity index (χ2n) is 4.58. The third-order valence-corrected chi connectivity index (χ3v) is 3.04. The second-order valence-corrected chi connectivity index (χ2v) is 4.58. The topological polar surface area (TPSA) is 109 Å². The summed E-state index contributed by atoms with van der Waals surface area (Å²) < 4.78 is 45.2. The maximum absolute atomic E-state index is 13.2. The molecule has 3 aromatic heterocycles.